The molecule has 0 bridgehead atoms. The monoisotopic (exact) mass is 221 g/mol. The number of nitrogens with zero attached hydrogens (tertiary/aromatic N) is 1. The fraction of sp³-hybridized carbons (Fsp3) is 0.538. The Kier molecular flexibility index (Phi) is 5.90. The van der Waals surface area contributed by atoms with Crippen LogP contribution in [0.2, 0.25) is 0 Å². The number of rotatable bonds is 7. The Bertz CT molecular complexity index is 291. The zero-order valence-electron chi connectivity index (χ0n) is 10.2. The Labute approximate surface area is 98.4 Å². The highest BCUT2D eigenvalue weighted by Gasteiger charge is 2.07. The molecule has 1 aromatic carbocycles. The summed E-state index contributed by atoms with van der Waals surface area (Å²) in [4.78, 5) is 2.38. The first-order valence-corrected chi connectivity index (χ1v) is 6.00. The van der Waals surface area contributed by atoms with Crippen molar-refractivity contribution in [3.63, 3.8) is 0 Å². The van der Waals surface area contributed by atoms with Crippen molar-refractivity contribution in [3.05, 3.63) is 29.8 Å². The molecule has 0 aliphatic carbocycles. The molecule has 0 amide bonds. The van der Waals surface area contributed by atoms with Gasteiger partial charge in [0, 0.05) is 18.8 Å². The van der Waals surface area contributed by atoms with E-state index in [9.17, 15) is 0 Å². The quantitative estimate of drug-likeness (QED) is 0.733. The lowest BCUT2D eigenvalue weighted by molar-refractivity contribution is 0.701. The summed E-state index contributed by atoms with van der Waals surface area (Å²) in [6.45, 7) is 5.66. The molecule has 1 aromatic rings. The third-order valence-corrected chi connectivity index (χ3v) is 2.72. The Morgan fingerprint density at radius 1 is 1.00 bits per heavy atom. The van der Waals surface area contributed by atoms with Crippen LogP contribution in [0.1, 0.15) is 18.4 Å². The second-order valence-corrected chi connectivity index (χ2v) is 4.06. The molecule has 4 N–H and O–H groups in total. The van der Waals surface area contributed by atoms with Crippen LogP contribution in [0, 0.1) is 6.92 Å². The summed E-state index contributed by atoms with van der Waals surface area (Å²) in [6, 6.07) is 8.47. The summed E-state index contributed by atoms with van der Waals surface area (Å²) in [7, 11) is 0. The average molecular weight is 221 g/mol. The van der Waals surface area contributed by atoms with E-state index in [-0.39, 0.29) is 0 Å². The Morgan fingerprint density at radius 3 is 2.06 bits per heavy atom. The van der Waals surface area contributed by atoms with Gasteiger partial charge < -0.3 is 16.4 Å². The van der Waals surface area contributed by atoms with Gasteiger partial charge in [0.15, 0.2) is 0 Å². The highest BCUT2D eigenvalue weighted by molar-refractivity contribution is 5.52. The van der Waals surface area contributed by atoms with E-state index in [0.29, 0.717) is 0 Å². The van der Waals surface area contributed by atoms with E-state index in [1.165, 1.54) is 11.3 Å². The molecule has 0 radical (unpaired) electrons. The molecule has 0 unspecified atom stereocenters. The standard InChI is InChI=1S/C13H23N3/c1-12-6-2-3-7-13(12)16(10-4-8-14)11-5-9-15/h2-3,6-7H,4-5,8-11,14-15H2,1H3. The number of para-hydroxylation sites is 1. The maximum Gasteiger partial charge on any atom is 0.0395 e. The minimum absolute atomic E-state index is 0.741. The zero-order valence-corrected chi connectivity index (χ0v) is 10.2. The summed E-state index contributed by atoms with van der Waals surface area (Å²) in [5.41, 5.74) is 13.8. The molecule has 0 atom stereocenters. The maximum absolute atomic E-state index is 5.57. The van der Waals surface area contributed by atoms with Crippen LogP contribution >= 0.6 is 0 Å². The van der Waals surface area contributed by atoms with E-state index in [1.54, 1.807) is 0 Å². The van der Waals surface area contributed by atoms with Crippen LogP contribution in [0.15, 0.2) is 24.3 Å². The van der Waals surface area contributed by atoms with E-state index < -0.39 is 0 Å². The first-order chi connectivity index (χ1) is 7.79. The highest BCUT2D eigenvalue weighted by atomic mass is 15.1. The number of nitrogens with two attached hydrogens (primary N) is 2. The summed E-state index contributed by atoms with van der Waals surface area (Å²) >= 11 is 0. The van der Waals surface area contributed by atoms with Gasteiger partial charge in [-0.05, 0) is 44.5 Å². The molecule has 0 heterocycles. The van der Waals surface area contributed by atoms with Gasteiger partial charge in [0.25, 0.3) is 0 Å². The van der Waals surface area contributed by atoms with Gasteiger partial charge in [0.05, 0.1) is 0 Å². The van der Waals surface area contributed by atoms with Crippen molar-refractivity contribution in [1.29, 1.82) is 0 Å². The highest BCUT2D eigenvalue weighted by Crippen LogP contribution is 2.19. The van der Waals surface area contributed by atoms with Gasteiger partial charge in [-0.2, -0.15) is 0 Å². The predicted octanol–water partition coefficient (Wildman–Crippen LogP) is 1.50. The fourth-order valence-corrected chi connectivity index (χ4v) is 1.84. The van der Waals surface area contributed by atoms with Gasteiger partial charge in [-0.3, -0.25) is 0 Å². The fourth-order valence-electron chi connectivity index (χ4n) is 1.84. The smallest absolute Gasteiger partial charge is 0.0395 e. The van der Waals surface area contributed by atoms with E-state index in [0.717, 1.165) is 39.0 Å². The third kappa shape index (κ3) is 3.83. The molecule has 0 fully saturated rings. The van der Waals surface area contributed by atoms with Gasteiger partial charge in [0.1, 0.15) is 0 Å². The van der Waals surface area contributed by atoms with E-state index in [1.807, 2.05) is 0 Å². The van der Waals surface area contributed by atoms with Crippen LogP contribution in [0.4, 0.5) is 5.69 Å². The Balaban J connectivity index is 2.70. The molecule has 1 rings (SSSR count). The topological polar surface area (TPSA) is 55.3 Å². The lowest BCUT2D eigenvalue weighted by atomic mass is 10.1. The summed E-state index contributed by atoms with van der Waals surface area (Å²) in [6.07, 6.45) is 2.05. The van der Waals surface area contributed by atoms with Crippen molar-refractivity contribution in [2.24, 2.45) is 11.5 Å². The molecule has 0 saturated carbocycles. The Hall–Kier alpha value is -1.06. The first kappa shape index (κ1) is 13.0. The second kappa shape index (κ2) is 7.25. The van der Waals surface area contributed by atoms with E-state index >= 15 is 0 Å². The van der Waals surface area contributed by atoms with E-state index in [4.69, 9.17) is 11.5 Å². The van der Waals surface area contributed by atoms with Crippen molar-refractivity contribution in [2.75, 3.05) is 31.1 Å². The van der Waals surface area contributed by atoms with Gasteiger partial charge in [0.2, 0.25) is 0 Å². The molecule has 3 heteroatoms. The van der Waals surface area contributed by atoms with Crippen molar-refractivity contribution in [1.82, 2.24) is 0 Å². The van der Waals surface area contributed by atoms with Crippen molar-refractivity contribution < 1.29 is 0 Å². The minimum Gasteiger partial charge on any atom is -0.371 e. The number of hydrogen-bond donors (Lipinski definition) is 2. The minimum atomic E-state index is 0.741. The van der Waals surface area contributed by atoms with Gasteiger partial charge in [-0.25, -0.2) is 0 Å². The number of aryl methyl sites for hydroxylation is 1. The molecule has 90 valence electrons. The molecule has 0 saturated heterocycles. The molecule has 0 aromatic heterocycles. The number of hydrogen-bond acceptors (Lipinski definition) is 3. The van der Waals surface area contributed by atoms with Gasteiger partial charge in [-0.15, -0.1) is 0 Å². The molecule has 0 aliphatic heterocycles. The van der Waals surface area contributed by atoms with Crippen molar-refractivity contribution in [3.8, 4) is 0 Å². The van der Waals surface area contributed by atoms with Crippen LogP contribution in [0.5, 0.6) is 0 Å². The number of anilines is 1. The lowest BCUT2D eigenvalue weighted by Gasteiger charge is -2.26. The maximum atomic E-state index is 5.57. The zero-order chi connectivity index (χ0) is 11.8. The summed E-state index contributed by atoms with van der Waals surface area (Å²) in [5.74, 6) is 0. The van der Waals surface area contributed by atoms with Crippen LogP contribution in [-0.2, 0) is 0 Å². The van der Waals surface area contributed by atoms with Crippen LogP contribution in [0.25, 0.3) is 0 Å². The summed E-state index contributed by atoms with van der Waals surface area (Å²) in [5, 5.41) is 0. The molecule has 0 aliphatic rings. The molecule has 3 nitrogen and oxygen atoms in total. The van der Waals surface area contributed by atoms with Crippen LogP contribution in [0.3, 0.4) is 0 Å². The normalized spacial score (nSPS) is 10.4. The third-order valence-electron chi connectivity index (χ3n) is 2.72. The molecular formula is C13H23N3. The van der Waals surface area contributed by atoms with Gasteiger partial charge in [-0.1, -0.05) is 18.2 Å². The van der Waals surface area contributed by atoms with Crippen LogP contribution in [-0.4, -0.2) is 26.2 Å². The first-order valence-electron chi connectivity index (χ1n) is 6.00. The van der Waals surface area contributed by atoms with Crippen molar-refractivity contribution >= 4 is 5.69 Å². The molecule has 0 spiro atoms. The summed E-state index contributed by atoms with van der Waals surface area (Å²) < 4.78 is 0. The molecular weight excluding hydrogens is 198 g/mol. The van der Waals surface area contributed by atoms with E-state index in [2.05, 4.69) is 36.1 Å². The predicted molar refractivity (Wildman–Crippen MR) is 70.7 cm³/mol. The second-order valence-electron chi connectivity index (χ2n) is 4.06. The van der Waals surface area contributed by atoms with Crippen LogP contribution < -0.4 is 16.4 Å². The lowest BCUT2D eigenvalue weighted by Crippen LogP contribution is -2.29. The van der Waals surface area contributed by atoms with Gasteiger partial charge >= 0.3 is 0 Å². The number of benzene rings is 1. The Morgan fingerprint density at radius 2 is 1.56 bits per heavy atom. The van der Waals surface area contributed by atoms with Crippen molar-refractivity contribution in [2.45, 2.75) is 19.8 Å². The largest absolute Gasteiger partial charge is 0.371 e. The average Bonchev–Trinajstić information content (AvgIpc) is 2.31. The molecule has 16 heavy (non-hydrogen) atoms. The SMILES string of the molecule is Cc1ccccc1N(CCCN)CCCN.